The summed E-state index contributed by atoms with van der Waals surface area (Å²) >= 11 is 5.92. The molecule has 0 aliphatic carbocycles. The SMILES string of the molecule is COc1ccc2c(c1)c(CCN(O)C(N)=O)c(C)n2C(=O)c1ccc(Cl)cc1. The molecular formula is C20H20ClN3O4. The number of nitrogens with zero attached hydrogens (tertiary/aromatic N) is 2. The van der Waals surface area contributed by atoms with Crippen LogP contribution < -0.4 is 10.5 Å². The van der Waals surface area contributed by atoms with E-state index in [4.69, 9.17) is 22.1 Å². The van der Waals surface area contributed by atoms with Crippen LogP contribution in [0.2, 0.25) is 5.02 Å². The molecule has 3 N–H and O–H groups in total. The van der Waals surface area contributed by atoms with Gasteiger partial charge in [-0.25, -0.2) is 9.86 Å². The number of carbonyl (C=O) groups is 2. The third-order valence-corrected chi connectivity index (χ3v) is 4.92. The number of nitrogens with two attached hydrogens (primary N) is 1. The molecular weight excluding hydrogens is 382 g/mol. The Balaban J connectivity index is 2.12. The van der Waals surface area contributed by atoms with Crippen LogP contribution >= 0.6 is 11.6 Å². The summed E-state index contributed by atoms with van der Waals surface area (Å²) in [5.74, 6) is 0.437. The summed E-state index contributed by atoms with van der Waals surface area (Å²) in [5.41, 5.74) is 7.81. The zero-order chi connectivity index (χ0) is 20.4. The number of halogens is 1. The molecule has 0 spiro atoms. The van der Waals surface area contributed by atoms with E-state index in [0.717, 1.165) is 10.9 Å². The molecule has 8 heteroatoms. The predicted molar refractivity (Wildman–Crippen MR) is 106 cm³/mol. The van der Waals surface area contributed by atoms with Crippen LogP contribution in [0.15, 0.2) is 42.5 Å². The molecule has 28 heavy (non-hydrogen) atoms. The Hall–Kier alpha value is -3.03. The maximum atomic E-state index is 13.2. The van der Waals surface area contributed by atoms with E-state index >= 15 is 0 Å². The number of carbonyl (C=O) groups excluding carboxylic acids is 2. The van der Waals surface area contributed by atoms with E-state index in [1.54, 1.807) is 42.0 Å². The zero-order valence-electron chi connectivity index (χ0n) is 15.5. The van der Waals surface area contributed by atoms with E-state index in [9.17, 15) is 14.8 Å². The normalized spacial score (nSPS) is 10.9. The van der Waals surface area contributed by atoms with Crippen molar-refractivity contribution in [3.63, 3.8) is 0 Å². The van der Waals surface area contributed by atoms with Crippen LogP contribution in [-0.2, 0) is 6.42 Å². The van der Waals surface area contributed by atoms with Crippen LogP contribution in [0.5, 0.6) is 5.75 Å². The van der Waals surface area contributed by atoms with Crippen molar-refractivity contribution in [2.45, 2.75) is 13.3 Å². The van der Waals surface area contributed by atoms with Crippen LogP contribution in [0.25, 0.3) is 10.9 Å². The molecule has 0 saturated heterocycles. The van der Waals surface area contributed by atoms with Crippen LogP contribution in [0.1, 0.15) is 21.6 Å². The molecule has 7 nitrogen and oxygen atoms in total. The maximum absolute atomic E-state index is 13.2. The molecule has 2 aromatic carbocycles. The van der Waals surface area contributed by atoms with Crippen molar-refractivity contribution in [2.75, 3.05) is 13.7 Å². The second kappa shape index (κ2) is 7.92. The fourth-order valence-electron chi connectivity index (χ4n) is 3.22. The monoisotopic (exact) mass is 401 g/mol. The number of primary amides is 1. The highest BCUT2D eigenvalue weighted by Gasteiger charge is 2.21. The zero-order valence-corrected chi connectivity index (χ0v) is 16.2. The number of ether oxygens (including phenoxy) is 1. The lowest BCUT2D eigenvalue weighted by Gasteiger charge is -2.12. The Bertz CT molecular complexity index is 1040. The third-order valence-electron chi connectivity index (χ3n) is 4.66. The minimum absolute atomic E-state index is 0.00162. The Morgan fingerprint density at radius 3 is 2.50 bits per heavy atom. The Morgan fingerprint density at radius 2 is 1.89 bits per heavy atom. The molecule has 2 amide bonds. The number of benzene rings is 2. The summed E-state index contributed by atoms with van der Waals surface area (Å²) < 4.78 is 6.92. The highest BCUT2D eigenvalue weighted by atomic mass is 35.5. The van der Waals surface area contributed by atoms with Crippen LogP contribution in [0.3, 0.4) is 0 Å². The van der Waals surface area contributed by atoms with Crippen molar-refractivity contribution in [3.05, 3.63) is 64.3 Å². The quantitative estimate of drug-likeness (QED) is 0.504. The van der Waals surface area contributed by atoms with E-state index in [1.807, 2.05) is 19.1 Å². The van der Waals surface area contributed by atoms with Gasteiger partial charge >= 0.3 is 6.03 Å². The first-order valence-electron chi connectivity index (χ1n) is 8.57. The molecule has 0 fully saturated rings. The first kappa shape index (κ1) is 19.7. The van der Waals surface area contributed by atoms with Crippen molar-refractivity contribution in [1.82, 2.24) is 9.63 Å². The molecule has 1 heterocycles. The van der Waals surface area contributed by atoms with Gasteiger partial charge in [-0.15, -0.1) is 0 Å². The van der Waals surface area contributed by atoms with E-state index in [-0.39, 0.29) is 12.5 Å². The largest absolute Gasteiger partial charge is 0.497 e. The number of rotatable bonds is 5. The van der Waals surface area contributed by atoms with Gasteiger partial charge in [0, 0.05) is 21.7 Å². The van der Waals surface area contributed by atoms with Gasteiger partial charge in [0.15, 0.2) is 0 Å². The minimum Gasteiger partial charge on any atom is -0.497 e. The average molecular weight is 402 g/mol. The second-order valence-electron chi connectivity index (χ2n) is 6.31. The van der Waals surface area contributed by atoms with Crippen molar-refractivity contribution >= 4 is 34.4 Å². The van der Waals surface area contributed by atoms with Gasteiger partial charge in [0.2, 0.25) is 0 Å². The fourth-order valence-corrected chi connectivity index (χ4v) is 3.34. The number of hydrogen-bond acceptors (Lipinski definition) is 4. The molecule has 0 atom stereocenters. The molecule has 3 aromatic rings. The molecule has 0 unspecified atom stereocenters. The molecule has 0 aliphatic rings. The highest BCUT2D eigenvalue weighted by Crippen LogP contribution is 2.31. The van der Waals surface area contributed by atoms with Crippen molar-refractivity contribution in [1.29, 1.82) is 0 Å². The summed E-state index contributed by atoms with van der Waals surface area (Å²) in [4.78, 5) is 24.3. The standard InChI is InChI=1S/C20H20ClN3O4/c1-12-16(9-10-23(27)20(22)26)17-11-15(28-2)7-8-18(17)24(12)19(25)13-3-5-14(21)6-4-13/h3-8,11,27H,9-10H2,1-2H3,(H2,22,26). The van der Waals surface area contributed by atoms with Crippen LogP contribution in [-0.4, -0.2) is 40.4 Å². The number of hydroxylamine groups is 2. The lowest BCUT2D eigenvalue weighted by molar-refractivity contribution is -0.0381. The van der Waals surface area contributed by atoms with Gasteiger partial charge in [-0.05, 0) is 61.4 Å². The molecule has 1 aromatic heterocycles. The molecule has 146 valence electrons. The number of hydrogen-bond donors (Lipinski definition) is 2. The molecule has 3 rings (SSSR count). The van der Waals surface area contributed by atoms with Crippen LogP contribution in [0, 0.1) is 6.92 Å². The predicted octanol–water partition coefficient (Wildman–Crippen LogP) is 3.61. The highest BCUT2D eigenvalue weighted by molar-refractivity contribution is 6.30. The summed E-state index contributed by atoms with van der Waals surface area (Å²) in [5, 5.41) is 11.4. The minimum atomic E-state index is -0.934. The fraction of sp³-hybridized carbons (Fsp3) is 0.200. The number of urea groups is 1. The first-order valence-corrected chi connectivity index (χ1v) is 8.95. The molecule has 0 saturated carbocycles. The van der Waals surface area contributed by atoms with Crippen LogP contribution in [0.4, 0.5) is 4.79 Å². The molecule has 0 radical (unpaired) electrons. The van der Waals surface area contributed by atoms with Gasteiger partial charge in [-0.3, -0.25) is 14.6 Å². The smallest absolute Gasteiger partial charge is 0.338 e. The van der Waals surface area contributed by atoms with E-state index < -0.39 is 6.03 Å². The lowest BCUT2D eigenvalue weighted by Crippen LogP contribution is -2.34. The number of fused-ring (bicyclic) bond motifs is 1. The number of amides is 2. The van der Waals surface area contributed by atoms with Crippen molar-refractivity contribution in [2.24, 2.45) is 5.73 Å². The van der Waals surface area contributed by atoms with Gasteiger partial charge < -0.3 is 10.5 Å². The van der Waals surface area contributed by atoms with Gasteiger partial charge in [-0.1, -0.05) is 11.6 Å². The summed E-state index contributed by atoms with van der Waals surface area (Å²) in [6, 6.07) is 11.1. The van der Waals surface area contributed by atoms with Gasteiger partial charge in [0.05, 0.1) is 19.2 Å². The Morgan fingerprint density at radius 1 is 1.21 bits per heavy atom. The van der Waals surface area contributed by atoms with Gasteiger partial charge in [0.1, 0.15) is 5.75 Å². The summed E-state index contributed by atoms with van der Waals surface area (Å²) in [6.45, 7) is 1.82. The number of methoxy groups -OCH3 is 1. The topological polar surface area (TPSA) is 97.8 Å². The second-order valence-corrected chi connectivity index (χ2v) is 6.74. The Kier molecular flexibility index (Phi) is 5.58. The third kappa shape index (κ3) is 3.67. The van der Waals surface area contributed by atoms with Gasteiger partial charge in [0.25, 0.3) is 5.91 Å². The molecule has 0 aliphatic heterocycles. The summed E-state index contributed by atoms with van der Waals surface area (Å²) in [6.07, 6.45) is 0.315. The number of aromatic nitrogens is 1. The lowest BCUT2D eigenvalue weighted by atomic mass is 10.1. The Labute approximate surface area is 166 Å². The van der Waals surface area contributed by atoms with Crippen molar-refractivity contribution in [3.8, 4) is 5.75 Å². The molecule has 0 bridgehead atoms. The first-order chi connectivity index (χ1) is 13.3. The van der Waals surface area contributed by atoms with Crippen molar-refractivity contribution < 1.29 is 19.5 Å². The van der Waals surface area contributed by atoms with E-state index in [1.165, 1.54) is 0 Å². The van der Waals surface area contributed by atoms with E-state index in [2.05, 4.69) is 0 Å². The summed E-state index contributed by atoms with van der Waals surface area (Å²) in [7, 11) is 1.56. The average Bonchev–Trinajstić information content (AvgIpc) is 2.96. The van der Waals surface area contributed by atoms with E-state index in [0.29, 0.717) is 39.0 Å². The maximum Gasteiger partial charge on any atom is 0.338 e. The van der Waals surface area contributed by atoms with Gasteiger partial charge in [-0.2, -0.15) is 0 Å².